The molecule has 2 bridgehead atoms. The number of hydrogen-bond acceptors (Lipinski definition) is 5. The summed E-state index contributed by atoms with van der Waals surface area (Å²) in [6, 6.07) is -2.33. The van der Waals surface area contributed by atoms with E-state index in [1.165, 1.54) is 0 Å². The molecule has 3 amide bonds. The Morgan fingerprint density at radius 2 is 2.10 bits per heavy atom. The van der Waals surface area contributed by atoms with E-state index in [0.717, 1.165) is 23.3 Å². The summed E-state index contributed by atoms with van der Waals surface area (Å²) in [5.74, 6) is -0.494. The summed E-state index contributed by atoms with van der Waals surface area (Å²) < 4.78 is 34.8. The molecule has 2 fully saturated rings. The molecule has 1 saturated carbocycles. The normalized spacial score (nSPS) is 29.6. The van der Waals surface area contributed by atoms with Crippen LogP contribution >= 0.6 is 0 Å². The van der Waals surface area contributed by atoms with Crippen molar-refractivity contribution >= 4 is 22.3 Å². The standard InChI is InChI=1S/C10H13N3O6S/c11-9(14)7-3-6(5-1-2-5)8-4-12(7)10(15)13(8)19-20(16,17)18/h3,5,7-8H,1-2,4H2,(H2,11,14)(H,16,17,18). The van der Waals surface area contributed by atoms with Gasteiger partial charge in [-0.1, -0.05) is 6.08 Å². The molecule has 0 aromatic heterocycles. The Morgan fingerprint density at radius 3 is 2.60 bits per heavy atom. The molecule has 0 aromatic rings. The van der Waals surface area contributed by atoms with Gasteiger partial charge in [0.2, 0.25) is 5.91 Å². The fraction of sp³-hybridized carbons (Fsp3) is 0.600. The first-order valence-corrected chi connectivity index (χ1v) is 7.42. The number of fused-ring (bicyclic) bond motifs is 2. The van der Waals surface area contributed by atoms with Crippen molar-refractivity contribution in [3.05, 3.63) is 11.6 Å². The van der Waals surface area contributed by atoms with Gasteiger partial charge in [0.25, 0.3) is 0 Å². The van der Waals surface area contributed by atoms with E-state index in [9.17, 15) is 18.0 Å². The number of hydroxylamine groups is 2. The molecule has 2 atom stereocenters. The van der Waals surface area contributed by atoms with Crippen molar-refractivity contribution in [3.63, 3.8) is 0 Å². The van der Waals surface area contributed by atoms with Crippen LogP contribution in [0.25, 0.3) is 0 Å². The van der Waals surface area contributed by atoms with Crippen LogP contribution in [0.4, 0.5) is 4.79 Å². The Kier molecular flexibility index (Phi) is 2.78. The second-order valence-electron chi connectivity index (χ2n) is 5.07. The molecule has 10 heteroatoms. The number of nitrogens with two attached hydrogens (primary N) is 1. The van der Waals surface area contributed by atoms with Gasteiger partial charge in [-0.25, -0.2) is 4.79 Å². The van der Waals surface area contributed by atoms with Crippen LogP contribution in [0, 0.1) is 5.92 Å². The van der Waals surface area contributed by atoms with Crippen molar-refractivity contribution in [1.29, 1.82) is 0 Å². The Balaban J connectivity index is 1.97. The number of carbonyl (C=O) groups is 2. The van der Waals surface area contributed by atoms with Crippen LogP contribution in [0.1, 0.15) is 12.8 Å². The van der Waals surface area contributed by atoms with Crippen LogP contribution in [0.2, 0.25) is 0 Å². The van der Waals surface area contributed by atoms with Crippen LogP contribution in [0.15, 0.2) is 11.6 Å². The third-order valence-corrected chi connectivity index (χ3v) is 4.02. The summed E-state index contributed by atoms with van der Waals surface area (Å²) in [5, 5.41) is 0.600. The Morgan fingerprint density at radius 1 is 1.45 bits per heavy atom. The van der Waals surface area contributed by atoms with Gasteiger partial charge < -0.3 is 10.6 Å². The number of primary amides is 1. The first kappa shape index (κ1) is 13.3. The molecule has 110 valence electrons. The van der Waals surface area contributed by atoms with E-state index >= 15 is 0 Å². The van der Waals surface area contributed by atoms with Gasteiger partial charge >= 0.3 is 16.4 Å². The van der Waals surface area contributed by atoms with Crippen LogP contribution < -0.4 is 5.73 Å². The SMILES string of the molecule is NC(=O)C1C=C(C2CC2)C2CN1C(=O)N2OS(=O)(=O)O. The molecule has 1 aliphatic carbocycles. The maximum absolute atomic E-state index is 12.1. The lowest BCUT2D eigenvalue weighted by molar-refractivity contribution is -0.120. The highest BCUT2D eigenvalue weighted by molar-refractivity contribution is 7.80. The van der Waals surface area contributed by atoms with Crippen LogP contribution in [0.5, 0.6) is 0 Å². The molecule has 3 aliphatic rings. The minimum Gasteiger partial charge on any atom is -0.368 e. The van der Waals surface area contributed by atoms with Gasteiger partial charge in [-0.05, 0) is 24.3 Å². The number of hydrogen-bond donors (Lipinski definition) is 2. The summed E-state index contributed by atoms with van der Waals surface area (Å²) in [6.07, 6.45) is 3.41. The van der Waals surface area contributed by atoms with Crippen molar-refractivity contribution < 1.29 is 26.8 Å². The Hall–Kier alpha value is -1.65. The molecular weight excluding hydrogens is 290 g/mol. The fourth-order valence-electron chi connectivity index (χ4n) is 2.70. The van der Waals surface area contributed by atoms with E-state index in [1.807, 2.05) is 0 Å². The van der Waals surface area contributed by atoms with Gasteiger partial charge in [0.15, 0.2) is 0 Å². The summed E-state index contributed by atoms with van der Waals surface area (Å²) in [5.41, 5.74) is 6.03. The molecule has 3 N–H and O–H groups in total. The van der Waals surface area contributed by atoms with E-state index in [1.54, 1.807) is 6.08 Å². The number of urea groups is 1. The van der Waals surface area contributed by atoms with E-state index in [0.29, 0.717) is 5.06 Å². The first-order chi connectivity index (χ1) is 9.28. The minimum atomic E-state index is -4.81. The van der Waals surface area contributed by atoms with E-state index in [4.69, 9.17) is 10.3 Å². The summed E-state index contributed by atoms with van der Waals surface area (Å²) in [7, 11) is -4.81. The zero-order chi connectivity index (χ0) is 14.7. The Bertz CT molecular complexity index is 610. The van der Waals surface area contributed by atoms with Gasteiger partial charge in [-0.3, -0.25) is 9.35 Å². The highest BCUT2D eigenvalue weighted by Crippen LogP contribution is 2.44. The minimum absolute atomic E-state index is 0.115. The topological polar surface area (TPSA) is 130 Å². The van der Waals surface area contributed by atoms with Gasteiger partial charge in [-0.15, -0.1) is 4.28 Å². The number of nitrogens with zero attached hydrogens (tertiary/aromatic N) is 2. The van der Waals surface area contributed by atoms with Gasteiger partial charge in [-0.2, -0.15) is 13.5 Å². The van der Waals surface area contributed by atoms with Crippen molar-refractivity contribution in [2.24, 2.45) is 11.7 Å². The van der Waals surface area contributed by atoms with Crippen molar-refractivity contribution in [1.82, 2.24) is 9.96 Å². The predicted molar refractivity (Wildman–Crippen MR) is 64.2 cm³/mol. The third-order valence-electron chi connectivity index (χ3n) is 3.67. The molecule has 0 aromatic carbocycles. The first-order valence-electron chi connectivity index (χ1n) is 6.05. The van der Waals surface area contributed by atoms with Crippen LogP contribution in [0.3, 0.4) is 0 Å². The summed E-state index contributed by atoms with van der Waals surface area (Å²) in [6.45, 7) is 0.115. The predicted octanol–water partition coefficient (Wildman–Crippen LogP) is -0.969. The van der Waals surface area contributed by atoms with Gasteiger partial charge in [0, 0.05) is 0 Å². The second-order valence-corrected chi connectivity index (χ2v) is 6.07. The van der Waals surface area contributed by atoms with E-state index in [2.05, 4.69) is 4.28 Å². The molecule has 2 heterocycles. The summed E-state index contributed by atoms with van der Waals surface area (Å²) >= 11 is 0. The second kappa shape index (κ2) is 4.17. The number of amides is 3. The molecule has 0 spiro atoms. The summed E-state index contributed by atoms with van der Waals surface area (Å²) in [4.78, 5) is 24.6. The average molecular weight is 303 g/mol. The lowest BCUT2D eigenvalue weighted by atomic mass is 9.96. The third kappa shape index (κ3) is 2.15. The van der Waals surface area contributed by atoms with Crippen molar-refractivity contribution in [2.75, 3.05) is 6.54 Å². The molecule has 20 heavy (non-hydrogen) atoms. The molecular formula is C10H13N3O6S. The molecule has 2 unspecified atom stereocenters. The highest BCUT2D eigenvalue weighted by atomic mass is 32.3. The van der Waals surface area contributed by atoms with E-state index in [-0.39, 0.29) is 12.5 Å². The fourth-order valence-corrected chi connectivity index (χ4v) is 3.07. The monoisotopic (exact) mass is 303 g/mol. The molecule has 9 nitrogen and oxygen atoms in total. The maximum Gasteiger partial charge on any atom is 0.418 e. The van der Waals surface area contributed by atoms with Crippen LogP contribution in [-0.4, -0.2) is 53.5 Å². The van der Waals surface area contributed by atoms with Crippen molar-refractivity contribution in [3.8, 4) is 0 Å². The molecule has 2 aliphatic heterocycles. The zero-order valence-electron chi connectivity index (χ0n) is 10.3. The van der Waals surface area contributed by atoms with Crippen LogP contribution in [-0.2, 0) is 19.5 Å². The molecule has 1 saturated heterocycles. The Labute approximate surface area is 114 Å². The van der Waals surface area contributed by atoms with E-state index < -0.39 is 34.4 Å². The lowest BCUT2D eigenvalue weighted by Crippen LogP contribution is -2.46. The molecule has 0 radical (unpaired) electrons. The van der Waals surface area contributed by atoms with Gasteiger partial charge in [0.05, 0.1) is 6.54 Å². The molecule has 3 rings (SSSR count). The van der Waals surface area contributed by atoms with Crippen molar-refractivity contribution in [2.45, 2.75) is 24.9 Å². The maximum atomic E-state index is 12.1. The number of carbonyl (C=O) groups excluding carboxylic acids is 2. The van der Waals surface area contributed by atoms with Gasteiger partial charge in [0.1, 0.15) is 12.1 Å². The number of rotatable bonds is 4. The lowest BCUT2D eigenvalue weighted by Gasteiger charge is -2.27. The smallest absolute Gasteiger partial charge is 0.368 e. The largest absolute Gasteiger partial charge is 0.418 e. The highest BCUT2D eigenvalue weighted by Gasteiger charge is 2.52. The quantitative estimate of drug-likeness (QED) is 0.507. The zero-order valence-corrected chi connectivity index (χ0v) is 11.1. The average Bonchev–Trinajstić information content (AvgIpc) is 3.13.